The van der Waals surface area contributed by atoms with Gasteiger partial charge in [0.1, 0.15) is 18.1 Å². The quantitative estimate of drug-likeness (QED) is 0.227. The second-order valence-corrected chi connectivity index (χ2v) is 13.4. The minimum atomic E-state index is -3.47. The van der Waals surface area contributed by atoms with E-state index in [0.29, 0.717) is 11.1 Å². The summed E-state index contributed by atoms with van der Waals surface area (Å²) >= 11 is 0. The normalized spacial score (nSPS) is 12.4. The molecule has 46 heavy (non-hydrogen) atoms. The first kappa shape index (κ1) is 33.7. The monoisotopic (exact) mass is 650 g/mol. The van der Waals surface area contributed by atoms with E-state index in [0.717, 1.165) is 17.9 Å². The van der Waals surface area contributed by atoms with Crippen molar-refractivity contribution in [2.45, 2.75) is 50.6 Å². The van der Waals surface area contributed by atoms with Crippen molar-refractivity contribution >= 4 is 33.3 Å². The number of hydrogen-bond donors (Lipinski definition) is 2. The van der Waals surface area contributed by atoms with Gasteiger partial charge in [-0.15, -0.1) is 10.2 Å². The number of anilines is 1. The van der Waals surface area contributed by atoms with Gasteiger partial charge in [0.25, 0.3) is 11.4 Å². The van der Waals surface area contributed by atoms with Gasteiger partial charge >= 0.3 is 6.09 Å². The molecule has 1 atom stereocenters. The molecule has 2 heterocycles. The third-order valence-corrected chi connectivity index (χ3v) is 8.33. The first-order valence-electron chi connectivity index (χ1n) is 14.1. The highest BCUT2D eigenvalue weighted by Gasteiger charge is 2.34. The Morgan fingerprint density at radius 2 is 1.74 bits per heavy atom. The van der Waals surface area contributed by atoms with Gasteiger partial charge in [-0.2, -0.15) is 0 Å². The molecular weight excluding hydrogens is 616 g/mol. The molecule has 0 radical (unpaired) electrons. The smallest absolute Gasteiger partial charge is 0.411 e. The van der Waals surface area contributed by atoms with Crippen molar-refractivity contribution in [3.8, 4) is 11.4 Å². The van der Waals surface area contributed by atoms with Crippen LogP contribution < -0.4 is 16.2 Å². The van der Waals surface area contributed by atoms with Crippen molar-refractivity contribution in [1.29, 1.82) is 0 Å². The number of ketones is 1. The average molecular weight is 651 g/mol. The minimum absolute atomic E-state index is 0.0652. The second-order valence-electron chi connectivity index (χ2n) is 11.4. The van der Waals surface area contributed by atoms with Crippen LogP contribution in [0.4, 0.5) is 10.5 Å². The molecule has 0 aliphatic rings. The zero-order valence-corrected chi connectivity index (χ0v) is 26.9. The Hall–Kier alpha value is -5.18. The number of benzene rings is 2. The highest BCUT2D eigenvalue weighted by molar-refractivity contribution is 7.90. The second kappa shape index (κ2) is 13.4. The fraction of sp³-hybridized carbons (Fsp3) is 0.323. The van der Waals surface area contributed by atoms with Crippen LogP contribution in [-0.2, 0) is 31.3 Å². The van der Waals surface area contributed by atoms with Crippen LogP contribution in [0.15, 0.2) is 74.9 Å². The molecule has 0 spiro atoms. The fourth-order valence-corrected chi connectivity index (χ4v) is 5.22. The lowest BCUT2D eigenvalue weighted by Crippen LogP contribution is -2.46. The lowest BCUT2D eigenvalue weighted by molar-refractivity contribution is -0.122. The van der Waals surface area contributed by atoms with Gasteiger partial charge in [0.2, 0.25) is 17.6 Å². The Kier molecular flexibility index (Phi) is 9.85. The van der Waals surface area contributed by atoms with Gasteiger partial charge in [-0.25, -0.2) is 18.2 Å². The van der Waals surface area contributed by atoms with Crippen LogP contribution in [0.2, 0.25) is 0 Å². The van der Waals surface area contributed by atoms with E-state index in [-0.39, 0.29) is 28.2 Å². The van der Waals surface area contributed by atoms with E-state index >= 15 is 0 Å². The van der Waals surface area contributed by atoms with E-state index in [9.17, 15) is 27.6 Å². The molecule has 242 valence electrons. The number of nitrogens with one attached hydrogen (secondary N) is 2. The standard InChI is InChI=1S/C31H34N6O8S/c1-18(2)24(25(39)27-35-36-29(45-27)31(3,4)20-13-10-14-21(15-20)46(6,42)43)34-23(38)17-37-26(19-11-8-7-9-12-19)32-16-22(28(37)40)33-30(41)44-5/h7-16,18,24H,17H2,1-6H3,(H,33,41)(H,34,38). The number of Topliss-reactive ketones (excluding diaryl/α,β-unsaturated/α-hetero) is 1. The van der Waals surface area contributed by atoms with Crippen LogP contribution >= 0.6 is 0 Å². The van der Waals surface area contributed by atoms with Gasteiger partial charge in [-0.1, -0.05) is 56.3 Å². The van der Waals surface area contributed by atoms with Crippen molar-refractivity contribution in [1.82, 2.24) is 25.1 Å². The van der Waals surface area contributed by atoms with Crippen molar-refractivity contribution in [2.24, 2.45) is 5.92 Å². The SMILES string of the molecule is COC(=O)Nc1cnc(-c2ccccc2)n(CC(=O)NC(C(=O)c2nnc(C(C)(C)c3cccc(S(C)(=O)=O)c3)o2)C(C)C)c1=O. The summed E-state index contributed by atoms with van der Waals surface area (Å²) in [5.41, 5.74) is -0.779. The number of rotatable bonds is 11. The Morgan fingerprint density at radius 1 is 1.04 bits per heavy atom. The Bertz CT molecular complexity index is 1930. The number of nitrogens with zero attached hydrogens (tertiary/aromatic N) is 4. The first-order valence-corrected chi connectivity index (χ1v) is 16.0. The van der Waals surface area contributed by atoms with Gasteiger partial charge in [0.15, 0.2) is 9.84 Å². The molecule has 14 nitrogen and oxygen atoms in total. The van der Waals surface area contributed by atoms with Gasteiger partial charge in [0.05, 0.1) is 29.7 Å². The number of hydrogen-bond acceptors (Lipinski definition) is 11. The molecule has 1 unspecified atom stereocenters. The lowest BCUT2D eigenvalue weighted by atomic mass is 9.84. The number of carbonyl (C=O) groups excluding carboxylic acids is 3. The summed E-state index contributed by atoms with van der Waals surface area (Å²) in [4.78, 5) is 56.5. The third kappa shape index (κ3) is 7.37. The summed E-state index contributed by atoms with van der Waals surface area (Å²) in [5, 5.41) is 12.9. The van der Waals surface area contributed by atoms with Crippen LogP contribution in [0.25, 0.3) is 11.4 Å². The summed E-state index contributed by atoms with van der Waals surface area (Å²) in [7, 11) is -2.33. The summed E-state index contributed by atoms with van der Waals surface area (Å²) < 4.78 is 35.6. The summed E-state index contributed by atoms with van der Waals surface area (Å²) in [6.45, 7) is 6.38. The first-order chi connectivity index (χ1) is 21.6. The summed E-state index contributed by atoms with van der Waals surface area (Å²) in [6.07, 6.45) is 1.38. The van der Waals surface area contributed by atoms with E-state index in [1.54, 1.807) is 70.2 Å². The topological polar surface area (TPSA) is 192 Å². The van der Waals surface area contributed by atoms with Gasteiger partial charge in [-0.3, -0.25) is 24.3 Å². The van der Waals surface area contributed by atoms with Crippen LogP contribution in [0, 0.1) is 5.92 Å². The lowest BCUT2D eigenvalue weighted by Gasteiger charge is -2.22. The Balaban J connectivity index is 1.60. The molecule has 15 heteroatoms. The molecule has 2 aromatic heterocycles. The predicted molar refractivity (Wildman–Crippen MR) is 167 cm³/mol. The molecular formula is C31H34N6O8S. The number of aromatic nitrogens is 4. The third-order valence-electron chi connectivity index (χ3n) is 7.22. The van der Waals surface area contributed by atoms with Crippen LogP contribution in [0.1, 0.15) is 49.8 Å². The molecule has 4 aromatic rings. The van der Waals surface area contributed by atoms with Crippen LogP contribution in [0.3, 0.4) is 0 Å². The molecule has 0 aliphatic heterocycles. The van der Waals surface area contributed by atoms with E-state index in [2.05, 4.69) is 30.6 Å². The molecule has 2 N–H and O–H groups in total. The molecule has 2 aromatic carbocycles. The summed E-state index contributed by atoms with van der Waals surface area (Å²) in [6, 6.07) is 13.9. The van der Waals surface area contributed by atoms with Gasteiger partial charge in [0, 0.05) is 11.8 Å². The van der Waals surface area contributed by atoms with Gasteiger partial charge < -0.3 is 14.5 Å². The maximum Gasteiger partial charge on any atom is 0.411 e. The number of carbonyl (C=O) groups is 3. The molecule has 2 amide bonds. The molecule has 0 bridgehead atoms. The van der Waals surface area contributed by atoms with E-state index in [1.165, 1.54) is 18.3 Å². The highest BCUT2D eigenvalue weighted by Crippen LogP contribution is 2.32. The number of ether oxygens (including phenoxy) is 1. The fourth-order valence-electron chi connectivity index (χ4n) is 4.55. The number of methoxy groups -OCH3 is 1. The molecule has 0 saturated heterocycles. The minimum Gasteiger partial charge on any atom is -0.453 e. The predicted octanol–water partition coefficient (Wildman–Crippen LogP) is 3.22. The molecule has 4 rings (SSSR count). The van der Waals surface area contributed by atoms with E-state index in [4.69, 9.17) is 4.42 Å². The Labute approximate surface area is 265 Å². The largest absolute Gasteiger partial charge is 0.453 e. The Morgan fingerprint density at radius 3 is 2.37 bits per heavy atom. The van der Waals surface area contributed by atoms with Crippen LogP contribution in [0.5, 0.6) is 0 Å². The summed E-state index contributed by atoms with van der Waals surface area (Å²) in [5.74, 6) is -1.90. The highest BCUT2D eigenvalue weighted by atomic mass is 32.2. The maximum atomic E-state index is 13.6. The zero-order valence-electron chi connectivity index (χ0n) is 26.1. The zero-order chi connectivity index (χ0) is 33.8. The van der Waals surface area contributed by atoms with Crippen LogP contribution in [-0.4, -0.2) is 65.4 Å². The number of amides is 2. The average Bonchev–Trinajstić information content (AvgIpc) is 3.53. The van der Waals surface area contributed by atoms with Crippen molar-refractivity contribution < 1.29 is 32.0 Å². The molecule has 0 saturated carbocycles. The molecule has 0 fully saturated rings. The van der Waals surface area contributed by atoms with E-state index < -0.39 is 57.1 Å². The van der Waals surface area contributed by atoms with Gasteiger partial charge in [-0.05, 0) is 37.5 Å². The van der Waals surface area contributed by atoms with Crippen molar-refractivity contribution in [3.63, 3.8) is 0 Å². The number of sulfone groups is 1. The maximum absolute atomic E-state index is 13.6. The van der Waals surface area contributed by atoms with E-state index in [1.807, 2.05) is 0 Å². The van der Waals surface area contributed by atoms with Crippen molar-refractivity contribution in [2.75, 3.05) is 18.7 Å². The van der Waals surface area contributed by atoms with Crippen molar-refractivity contribution in [3.05, 3.63) is 88.5 Å². The molecule has 0 aliphatic carbocycles.